The fourth-order valence-corrected chi connectivity index (χ4v) is 3.57. The Morgan fingerprint density at radius 2 is 1.68 bits per heavy atom. The lowest BCUT2D eigenvalue weighted by Gasteiger charge is -2.27. The highest BCUT2D eigenvalue weighted by molar-refractivity contribution is 7.90. The molecule has 0 spiro atoms. The van der Waals surface area contributed by atoms with E-state index in [0.29, 0.717) is 5.75 Å². The van der Waals surface area contributed by atoms with E-state index < -0.39 is 28.5 Å². The van der Waals surface area contributed by atoms with Crippen molar-refractivity contribution in [1.29, 1.82) is 0 Å². The minimum absolute atomic E-state index is 0.197. The third-order valence-corrected chi connectivity index (χ3v) is 5.95. The zero-order valence-corrected chi connectivity index (χ0v) is 17.0. The number of carbonyl (C=O) groups is 1. The van der Waals surface area contributed by atoms with E-state index in [4.69, 9.17) is 4.74 Å². The molecule has 7 nitrogen and oxygen atoms in total. The maximum Gasteiger partial charge on any atom is 0.304 e. The Morgan fingerprint density at radius 1 is 1.11 bits per heavy atom. The van der Waals surface area contributed by atoms with Crippen molar-refractivity contribution < 1.29 is 22.3 Å². The number of rotatable bonds is 8. The summed E-state index contributed by atoms with van der Waals surface area (Å²) in [6.07, 6.45) is 0. The predicted molar refractivity (Wildman–Crippen MR) is 106 cm³/mol. The van der Waals surface area contributed by atoms with Gasteiger partial charge in [0, 0.05) is 14.1 Å². The van der Waals surface area contributed by atoms with E-state index in [1.165, 1.54) is 26.2 Å². The van der Waals surface area contributed by atoms with Crippen LogP contribution < -0.4 is 14.4 Å². The fraction of sp³-hybridized carbons (Fsp3) is 0.316. The quantitative estimate of drug-likeness (QED) is 0.726. The van der Waals surface area contributed by atoms with Gasteiger partial charge in [-0.3, -0.25) is 4.79 Å². The van der Waals surface area contributed by atoms with Gasteiger partial charge in [-0.25, -0.2) is 8.70 Å². The van der Waals surface area contributed by atoms with E-state index in [-0.39, 0.29) is 11.7 Å². The zero-order chi connectivity index (χ0) is 20.9. The number of anilines is 1. The molecule has 9 heteroatoms. The SMILES string of the molecule is COc1ccc([C@@H](C)NC(=O)CN(c2ccc(F)cc2)S(=O)(=O)N(C)C)cc1. The van der Waals surface area contributed by atoms with Crippen LogP contribution in [0.15, 0.2) is 48.5 Å². The first-order valence-corrected chi connectivity index (χ1v) is 9.94. The molecule has 0 aliphatic carbocycles. The van der Waals surface area contributed by atoms with Gasteiger partial charge in [0.15, 0.2) is 0 Å². The maximum absolute atomic E-state index is 13.2. The fourth-order valence-electron chi connectivity index (χ4n) is 2.50. The summed E-state index contributed by atoms with van der Waals surface area (Å²) in [6, 6.07) is 11.8. The van der Waals surface area contributed by atoms with Crippen LogP contribution in [0, 0.1) is 5.82 Å². The predicted octanol–water partition coefficient (Wildman–Crippen LogP) is 2.32. The average molecular weight is 409 g/mol. The zero-order valence-electron chi connectivity index (χ0n) is 16.2. The summed E-state index contributed by atoms with van der Waals surface area (Å²) < 4.78 is 45.5. The van der Waals surface area contributed by atoms with E-state index in [0.717, 1.165) is 26.3 Å². The standard InChI is InChI=1S/C19H24FN3O4S/c1-14(15-5-11-18(27-4)12-6-15)21-19(24)13-23(28(25,26)22(2)3)17-9-7-16(20)8-10-17/h5-12,14H,13H2,1-4H3,(H,21,24)/t14-/m1/s1. The molecule has 0 aliphatic rings. The Balaban J connectivity index is 2.18. The van der Waals surface area contributed by atoms with Crippen molar-refractivity contribution in [1.82, 2.24) is 9.62 Å². The van der Waals surface area contributed by atoms with Crippen molar-refractivity contribution >= 4 is 21.8 Å². The molecule has 28 heavy (non-hydrogen) atoms. The largest absolute Gasteiger partial charge is 0.497 e. The number of halogens is 1. The maximum atomic E-state index is 13.2. The highest BCUT2D eigenvalue weighted by atomic mass is 32.2. The number of amides is 1. The van der Waals surface area contributed by atoms with Crippen LogP contribution in [0.4, 0.5) is 10.1 Å². The third-order valence-electron chi connectivity index (χ3n) is 4.14. The van der Waals surface area contributed by atoms with E-state index in [1.807, 2.05) is 12.1 Å². The van der Waals surface area contributed by atoms with Crippen LogP contribution in [0.1, 0.15) is 18.5 Å². The first-order valence-electron chi connectivity index (χ1n) is 8.54. The number of benzene rings is 2. The smallest absolute Gasteiger partial charge is 0.304 e. The molecule has 0 saturated heterocycles. The van der Waals surface area contributed by atoms with Crippen molar-refractivity contribution in [3.8, 4) is 5.75 Å². The summed E-state index contributed by atoms with van der Waals surface area (Å²) in [7, 11) is 0.352. The molecule has 0 aliphatic heterocycles. The number of nitrogens with zero attached hydrogens (tertiary/aromatic N) is 2. The first kappa shape index (κ1) is 21.6. The Kier molecular flexibility index (Phi) is 6.98. The Morgan fingerprint density at radius 3 is 2.18 bits per heavy atom. The van der Waals surface area contributed by atoms with Gasteiger partial charge in [0.25, 0.3) is 0 Å². The monoisotopic (exact) mass is 409 g/mol. The molecule has 1 atom stereocenters. The third kappa shape index (κ3) is 5.20. The van der Waals surface area contributed by atoms with Gasteiger partial charge in [-0.2, -0.15) is 12.7 Å². The molecule has 2 rings (SSSR count). The van der Waals surface area contributed by atoms with Gasteiger partial charge < -0.3 is 10.1 Å². The van der Waals surface area contributed by atoms with E-state index >= 15 is 0 Å². The van der Waals surface area contributed by atoms with Crippen LogP contribution in [0.5, 0.6) is 5.75 Å². The van der Waals surface area contributed by atoms with Crippen LogP contribution in [0.3, 0.4) is 0 Å². The second-order valence-electron chi connectivity index (χ2n) is 6.34. The normalized spacial score (nSPS) is 12.5. The van der Waals surface area contributed by atoms with Crippen molar-refractivity contribution in [2.75, 3.05) is 32.1 Å². The summed E-state index contributed by atoms with van der Waals surface area (Å²) in [5.41, 5.74) is 1.04. The molecule has 0 aromatic heterocycles. The van der Waals surface area contributed by atoms with Gasteiger partial charge in [-0.1, -0.05) is 12.1 Å². The van der Waals surface area contributed by atoms with Crippen LogP contribution in [-0.4, -0.2) is 46.4 Å². The molecule has 0 heterocycles. The summed E-state index contributed by atoms with van der Waals surface area (Å²) in [5, 5.41) is 2.78. The molecule has 152 valence electrons. The lowest BCUT2D eigenvalue weighted by molar-refractivity contribution is -0.120. The topological polar surface area (TPSA) is 79.0 Å². The van der Waals surface area contributed by atoms with E-state index in [2.05, 4.69) is 5.32 Å². The van der Waals surface area contributed by atoms with Gasteiger partial charge in [-0.05, 0) is 48.9 Å². The number of methoxy groups -OCH3 is 1. The van der Waals surface area contributed by atoms with Gasteiger partial charge in [0.05, 0.1) is 18.8 Å². The lowest BCUT2D eigenvalue weighted by atomic mass is 10.1. The van der Waals surface area contributed by atoms with Gasteiger partial charge in [-0.15, -0.1) is 0 Å². The van der Waals surface area contributed by atoms with Crippen molar-refractivity contribution in [3.05, 3.63) is 59.9 Å². The Hall–Kier alpha value is -2.65. The van der Waals surface area contributed by atoms with Crippen molar-refractivity contribution in [2.45, 2.75) is 13.0 Å². The summed E-state index contributed by atoms with van der Waals surface area (Å²) in [4.78, 5) is 12.5. The summed E-state index contributed by atoms with van der Waals surface area (Å²) in [5.74, 6) is -0.288. The molecule has 2 aromatic carbocycles. The highest BCUT2D eigenvalue weighted by Gasteiger charge is 2.27. The first-order chi connectivity index (χ1) is 13.1. The molecule has 0 radical (unpaired) electrons. The Labute approximate surface area is 164 Å². The van der Waals surface area contributed by atoms with Crippen LogP contribution in [0.25, 0.3) is 0 Å². The molecule has 0 fully saturated rings. The molecular formula is C19H24FN3O4S. The second kappa shape index (κ2) is 9.03. The summed E-state index contributed by atoms with van der Waals surface area (Å²) >= 11 is 0. The second-order valence-corrected chi connectivity index (χ2v) is 8.40. The van der Waals surface area contributed by atoms with E-state index in [9.17, 15) is 17.6 Å². The number of hydrogen-bond acceptors (Lipinski definition) is 4. The molecule has 0 unspecified atom stereocenters. The van der Waals surface area contributed by atoms with Crippen molar-refractivity contribution in [3.63, 3.8) is 0 Å². The van der Waals surface area contributed by atoms with Crippen LogP contribution in [-0.2, 0) is 15.0 Å². The van der Waals surface area contributed by atoms with Crippen LogP contribution in [0.2, 0.25) is 0 Å². The Bertz CT molecular complexity index is 900. The van der Waals surface area contributed by atoms with Crippen molar-refractivity contribution in [2.24, 2.45) is 0 Å². The molecule has 0 bridgehead atoms. The molecule has 0 saturated carbocycles. The molecule has 1 amide bonds. The molecule has 2 aromatic rings. The average Bonchev–Trinajstić information content (AvgIpc) is 2.66. The van der Waals surface area contributed by atoms with Crippen LogP contribution >= 0.6 is 0 Å². The molecule has 1 N–H and O–H groups in total. The number of ether oxygens (including phenoxy) is 1. The minimum Gasteiger partial charge on any atom is -0.497 e. The molecular weight excluding hydrogens is 385 g/mol. The number of nitrogens with one attached hydrogen (secondary N) is 1. The van der Waals surface area contributed by atoms with Gasteiger partial charge in [0.2, 0.25) is 5.91 Å². The summed E-state index contributed by atoms with van der Waals surface area (Å²) in [6.45, 7) is 1.36. The highest BCUT2D eigenvalue weighted by Crippen LogP contribution is 2.21. The van der Waals surface area contributed by atoms with Gasteiger partial charge >= 0.3 is 10.2 Å². The minimum atomic E-state index is -3.94. The number of hydrogen-bond donors (Lipinski definition) is 1. The number of carbonyl (C=O) groups excluding carboxylic acids is 1. The van der Waals surface area contributed by atoms with E-state index in [1.54, 1.807) is 26.2 Å². The lowest BCUT2D eigenvalue weighted by Crippen LogP contribution is -2.46. The van der Waals surface area contributed by atoms with Gasteiger partial charge in [0.1, 0.15) is 18.1 Å².